The Kier molecular flexibility index (Phi) is 7.26. The lowest BCUT2D eigenvalue weighted by Gasteiger charge is -2.38. The number of likely N-dealkylation sites (tertiary alicyclic amines) is 1. The van der Waals surface area contributed by atoms with Crippen molar-refractivity contribution in [1.82, 2.24) is 9.80 Å². The molecule has 0 bridgehead atoms. The van der Waals surface area contributed by atoms with Crippen molar-refractivity contribution in [2.24, 2.45) is 0 Å². The van der Waals surface area contributed by atoms with E-state index < -0.39 is 0 Å². The molecule has 150 valence electrons. The summed E-state index contributed by atoms with van der Waals surface area (Å²) in [7, 11) is 0. The van der Waals surface area contributed by atoms with Crippen molar-refractivity contribution in [3.63, 3.8) is 0 Å². The van der Waals surface area contributed by atoms with Gasteiger partial charge >= 0.3 is 0 Å². The average Bonchev–Trinajstić information content (AvgIpc) is 3.06. The molecule has 0 saturated carbocycles. The van der Waals surface area contributed by atoms with Gasteiger partial charge in [-0.15, -0.1) is 0 Å². The maximum absolute atomic E-state index is 12.7. The Bertz CT molecular complexity index is 648. The molecule has 2 aliphatic heterocycles. The molecular weight excluding hydrogens is 387 g/mol. The maximum atomic E-state index is 12.7. The second-order valence-electron chi connectivity index (χ2n) is 7.51. The quantitative estimate of drug-likeness (QED) is 0.708. The summed E-state index contributed by atoms with van der Waals surface area (Å²) in [5, 5.41) is 0.843. The lowest BCUT2D eigenvalue weighted by Crippen LogP contribution is -2.51. The van der Waals surface area contributed by atoms with E-state index in [0.29, 0.717) is 28.8 Å². The van der Waals surface area contributed by atoms with Gasteiger partial charge in [-0.1, -0.05) is 29.3 Å². The topological polar surface area (TPSA) is 42.0 Å². The van der Waals surface area contributed by atoms with Crippen LogP contribution >= 0.6 is 23.2 Å². The fourth-order valence-corrected chi connectivity index (χ4v) is 4.42. The third-order valence-corrected chi connectivity index (χ3v) is 5.95. The zero-order chi connectivity index (χ0) is 19.4. The number of carbonyl (C=O) groups is 1. The summed E-state index contributed by atoms with van der Waals surface area (Å²) in [5.41, 5.74) is 0. The minimum absolute atomic E-state index is 0.144. The monoisotopic (exact) mass is 414 g/mol. The first-order chi connectivity index (χ1) is 12.9. The van der Waals surface area contributed by atoms with Gasteiger partial charge in [-0.2, -0.15) is 0 Å². The molecule has 7 heteroatoms. The highest BCUT2D eigenvalue weighted by Crippen LogP contribution is 2.31. The molecule has 2 fully saturated rings. The van der Waals surface area contributed by atoms with E-state index in [0.717, 1.165) is 39.0 Å². The van der Waals surface area contributed by atoms with Crippen LogP contribution in [0.1, 0.15) is 33.1 Å². The summed E-state index contributed by atoms with van der Waals surface area (Å²) in [6, 6.07) is 5.54. The number of carbonyl (C=O) groups excluding carboxylic acids is 1. The Morgan fingerprint density at radius 2 is 2.00 bits per heavy atom. The van der Waals surface area contributed by atoms with Crippen molar-refractivity contribution in [1.29, 1.82) is 0 Å². The number of morpholine rings is 1. The SMILES string of the molecule is CC1CN(CC2CCCN2C(=O)CCOc2cccc(Cl)c2Cl)CC(C)O1. The molecule has 2 heterocycles. The number of nitrogens with zero attached hydrogens (tertiary/aromatic N) is 2. The Hall–Kier alpha value is -1.01. The van der Waals surface area contributed by atoms with E-state index >= 15 is 0 Å². The molecule has 2 aliphatic rings. The second kappa shape index (κ2) is 9.46. The van der Waals surface area contributed by atoms with Crippen molar-refractivity contribution in [3.8, 4) is 5.75 Å². The fourth-order valence-electron chi connectivity index (χ4n) is 4.07. The fraction of sp³-hybridized carbons (Fsp3) is 0.650. The number of halogens is 2. The van der Waals surface area contributed by atoms with Crippen LogP contribution in [0.4, 0.5) is 0 Å². The number of benzene rings is 1. The lowest BCUT2D eigenvalue weighted by molar-refractivity contribution is -0.133. The molecule has 0 spiro atoms. The third-order valence-electron chi connectivity index (χ3n) is 5.15. The van der Waals surface area contributed by atoms with Crippen LogP contribution < -0.4 is 4.74 Å². The normalized spacial score (nSPS) is 26.4. The minimum Gasteiger partial charge on any atom is -0.491 e. The standard InChI is InChI=1S/C20H28Cl2N2O3/c1-14-11-23(12-15(2)27-14)13-16-5-4-9-24(16)19(25)8-10-26-18-7-3-6-17(21)20(18)22/h3,6-7,14-16H,4-5,8-13H2,1-2H3. The molecule has 3 atom stereocenters. The number of rotatable bonds is 6. The predicted octanol–water partition coefficient (Wildman–Crippen LogP) is 3.86. The van der Waals surface area contributed by atoms with Crippen molar-refractivity contribution >= 4 is 29.1 Å². The first-order valence-electron chi connectivity index (χ1n) is 9.68. The molecule has 1 aromatic carbocycles. The maximum Gasteiger partial charge on any atom is 0.226 e. The zero-order valence-corrected chi connectivity index (χ0v) is 17.5. The van der Waals surface area contributed by atoms with Crippen molar-refractivity contribution < 1.29 is 14.3 Å². The highest BCUT2D eigenvalue weighted by Gasteiger charge is 2.32. The van der Waals surface area contributed by atoms with Crippen LogP contribution in [0.5, 0.6) is 5.75 Å². The van der Waals surface area contributed by atoms with Crippen LogP contribution in [0, 0.1) is 0 Å². The number of ether oxygens (including phenoxy) is 2. The molecule has 0 radical (unpaired) electrons. The smallest absolute Gasteiger partial charge is 0.226 e. The van der Waals surface area contributed by atoms with Gasteiger partial charge in [0, 0.05) is 32.2 Å². The van der Waals surface area contributed by atoms with Crippen LogP contribution in [-0.4, -0.2) is 66.7 Å². The molecule has 27 heavy (non-hydrogen) atoms. The first-order valence-corrected chi connectivity index (χ1v) is 10.4. The average molecular weight is 415 g/mol. The molecular formula is C20H28Cl2N2O3. The largest absolute Gasteiger partial charge is 0.491 e. The van der Waals surface area contributed by atoms with Crippen LogP contribution in [0.2, 0.25) is 10.0 Å². The zero-order valence-electron chi connectivity index (χ0n) is 16.0. The molecule has 0 N–H and O–H groups in total. The van der Waals surface area contributed by atoms with Gasteiger partial charge in [0.1, 0.15) is 10.8 Å². The van der Waals surface area contributed by atoms with Crippen molar-refractivity contribution in [2.45, 2.75) is 51.4 Å². The van der Waals surface area contributed by atoms with E-state index in [1.165, 1.54) is 0 Å². The summed E-state index contributed by atoms with van der Waals surface area (Å²) < 4.78 is 11.5. The summed E-state index contributed by atoms with van der Waals surface area (Å²) in [4.78, 5) is 17.2. The first kappa shape index (κ1) is 20.7. The summed E-state index contributed by atoms with van der Waals surface area (Å²) in [6.45, 7) is 8.13. The number of hydrogen-bond acceptors (Lipinski definition) is 4. The van der Waals surface area contributed by atoms with Gasteiger partial charge in [0.15, 0.2) is 0 Å². The van der Waals surface area contributed by atoms with Gasteiger partial charge in [-0.25, -0.2) is 0 Å². The Morgan fingerprint density at radius 1 is 1.26 bits per heavy atom. The molecule has 2 saturated heterocycles. The van der Waals surface area contributed by atoms with Crippen molar-refractivity contribution in [3.05, 3.63) is 28.2 Å². The summed E-state index contributed by atoms with van der Waals surface area (Å²) >= 11 is 12.1. The second-order valence-corrected chi connectivity index (χ2v) is 8.29. The Morgan fingerprint density at radius 3 is 2.74 bits per heavy atom. The van der Waals surface area contributed by atoms with Gasteiger partial charge in [0.25, 0.3) is 0 Å². The molecule has 3 unspecified atom stereocenters. The lowest BCUT2D eigenvalue weighted by atomic mass is 10.1. The number of amides is 1. The Balaban J connectivity index is 1.49. The van der Waals surface area contributed by atoms with E-state index in [2.05, 4.69) is 18.7 Å². The molecule has 0 aliphatic carbocycles. The minimum atomic E-state index is 0.144. The van der Waals surface area contributed by atoms with E-state index in [9.17, 15) is 4.79 Å². The van der Waals surface area contributed by atoms with Crippen LogP contribution in [0.15, 0.2) is 18.2 Å². The van der Waals surface area contributed by atoms with E-state index in [1.54, 1.807) is 18.2 Å². The van der Waals surface area contributed by atoms with Gasteiger partial charge < -0.3 is 14.4 Å². The highest BCUT2D eigenvalue weighted by molar-refractivity contribution is 6.42. The Labute approximate surface area is 171 Å². The molecule has 1 aromatic rings. The van der Waals surface area contributed by atoms with Crippen LogP contribution in [-0.2, 0) is 9.53 Å². The van der Waals surface area contributed by atoms with E-state index in [4.69, 9.17) is 32.7 Å². The molecule has 5 nitrogen and oxygen atoms in total. The summed E-state index contributed by atoms with van der Waals surface area (Å²) in [6.07, 6.45) is 2.96. The predicted molar refractivity (Wildman–Crippen MR) is 108 cm³/mol. The molecule has 0 aromatic heterocycles. The molecule has 3 rings (SSSR count). The van der Waals surface area contributed by atoms with Gasteiger partial charge in [0.05, 0.1) is 30.3 Å². The number of hydrogen-bond donors (Lipinski definition) is 0. The van der Waals surface area contributed by atoms with E-state index in [-0.39, 0.29) is 24.2 Å². The van der Waals surface area contributed by atoms with Gasteiger partial charge in [0.2, 0.25) is 5.91 Å². The third kappa shape index (κ3) is 5.50. The van der Waals surface area contributed by atoms with Crippen LogP contribution in [0.25, 0.3) is 0 Å². The molecule has 1 amide bonds. The van der Waals surface area contributed by atoms with E-state index in [1.807, 2.05) is 4.90 Å². The highest BCUT2D eigenvalue weighted by atomic mass is 35.5. The van der Waals surface area contributed by atoms with Crippen LogP contribution in [0.3, 0.4) is 0 Å². The van der Waals surface area contributed by atoms with Gasteiger partial charge in [-0.05, 0) is 38.8 Å². The van der Waals surface area contributed by atoms with Gasteiger partial charge in [-0.3, -0.25) is 9.69 Å². The summed E-state index contributed by atoms with van der Waals surface area (Å²) in [5.74, 6) is 0.663. The van der Waals surface area contributed by atoms with Crippen molar-refractivity contribution in [2.75, 3.05) is 32.8 Å².